The molecule has 0 aliphatic heterocycles. The Balaban J connectivity index is 1.87. The number of rotatable bonds is 6. The van der Waals surface area contributed by atoms with E-state index in [1.807, 2.05) is 0 Å². The minimum absolute atomic E-state index is 0.205. The Morgan fingerprint density at radius 3 is 2.81 bits per heavy atom. The molecule has 0 fully saturated rings. The molecule has 2 N–H and O–H groups in total. The van der Waals surface area contributed by atoms with Crippen LogP contribution >= 0.6 is 27.3 Å². The molecule has 2 heterocycles. The molecule has 6 nitrogen and oxygen atoms in total. The molecule has 0 aliphatic carbocycles. The maximum absolute atomic E-state index is 11.0. The van der Waals surface area contributed by atoms with Gasteiger partial charge in [0.15, 0.2) is 0 Å². The summed E-state index contributed by atoms with van der Waals surface area (Å²) in [5.41, 5.74) is 0. The first kappa shape index (κ1) is 15.8. The molecular weight excluding hydrogens is 354 g/mol. The third kappa shape index (κ3) is 5.39. The lowest BCUT2D eigenvalue weighted by Gasteiger charge is -2.13. The fourth-order valence-corrected chi connectivity index (χ4v) is 3.22. The summed E-state index contributed by atoms with van der Waals surface area (Å²) in [6, 6.07) is 4.40. The quantitative estimate of drug-likeness (QED) is 0.817. The van der Waals surface area contributed by atoms with E-state index in [9.17, 15) is 4.79 Å². The molecule has 0 aliphatic rings. The van der Waals surface area contributed by atoms with Crippen LogP contribution in [0.5, 0.6) is 0 Å². The molecule has 112 valence electrons. The van der Waals surface area contributed by atoms with Crippen molar-refractivity contribution in [1.82, 2.24) is 15.0 Å². The first-order valence-electron chi connectivity index (χ1n) is 6.50. The number of hydrogen-bond donors (Lipinski definition) is 2. The highest BCUT2D eigenvalue weighted by atomic mass is 79.9. The lowest BCUT2D eigenvalue weighted by Crippen LogP contribution is -2.19. The molecule has 0 saturated heterocycles. The second-order valence-electron chi connectivity index (χ2n) is 4.60. The van der Waals surface area contributed by atoms with Crippen LogP contribution in [-0.4, -0.2) is 26.9 Å². The first-order valence-corrected chi connectivity index (χ1v) is 8.11. The van der Waals surface area contributed by atoms with Crippen molar-refractivity contribution in [2.45, 2.75) is 32.7 Å². The highest BCUT2D eigenvalue weighted by Gasteiger charge is 2.07. The Bertz CT molecular complexity index is 618. The van der Waals surface area contributed by atoms with Crippen molar-refractivity contribution >= 4 is 45.1 Å². The number of aryl methyl sites for hydroxylation is 1. The number of carbonyl (C=O) groups is 1. The van der Waals surface area contributed by atoms with E-state index in [2.05, 4.69) is 60.6 Å². The molecule has 1 amide bonds. The van der Waals surface area contributed by atoms with Crippen LogP contribution in [0.25, 0.3) is 0 Å². The number of carbonyl (C=O) groups excluding carboxylic acids is 1. The van der Waals surface area contributed by atoms with E-state index in [1.165, 1.54) is 18.1 Å². The van der Waals surface area contributed by atoms with Gasteiger partial charge in [0.05, 0.1) is 3.79 Å². The van der Waals surface area contributed by atoms with Crippen molar-refractivity contribution < 1.29 is 4.79 Å². The maximum Gasteiger partial charge on any atom is 0.234 e. The normalized spacial score (nSPS) is 12.0. The minimum atomic E-state index is -0.205. The number of aromatic nitrogens is 3. The highest BCUT2D eigenvalue weighted by Crippen LogP contribution is 2.23. The van der Waals surface area contributed by atoms with Gasteiger partial charge in [-0.3, -0.25) is 10.1 Å². The van der Waals surface area contributed by atoms with Gasteiger partial charge in [0.25, 0.3) is 0 Å². The number of nitrogens with one attached hydrogen (secondary N) is 2. The molecule has 0 aromatic carbocycles. The zero-order chi connectivity index (χ0) is 15.2. The first-order chi connectivity index (χ1) is 10.0. The van der Waals surface area contributed by atoms with Crippen LogP contribution in [0.15, 0.2) is 22.2 Å². The molecule has 0 spiro atoms. The van der Waals surface area contributed by atoms with Crippen molar-refractivity contribution in [1.29, 1.82) is 0 Å². The van der Waals surface area contributed by atoms with Gasteiger partial charge in [-0.2, -0.15) is 4.98 Å². The van der Waals surface area contributed by atoms with Crippen LogP contribution in [0.1, 0.15) is 25.1 Å². The summed E-state index contributed by atoms with van der Waals surface area (Å²) in [4.78, 5) is 24.4. The van der Waals surface area contributed by atoms with Crippen LogP contribution in [0.4, 0.5) is 11.9 Å². The van der Waals surface area contributed by atoms with Gasteiger partial charge in [-0.25, -0.2) is 9.97 Å². The van der Waals surface area contributed by atoms with E-state index >= 15 is 0 Å². The fourth-order valence-electron chi connectivity index (χ4n) is 1.72. The topological polar surface area (TPSA) is 79.8 Å². The lowest BCUT2D eigenvalue weighted by atomic mass is 10.1. The monoisotopic (exact) mass is 369 g/mol. The molecule has 0 radical (unpaired) electrons. The fraction of sp³-hybridized carbons (Fsp3) is 0.385. The summed E-state index contributed by atoms with van der Waals surface area (Å²) >= 11 is 5.21. The van der Waals surface area contributed by atoms with Crippen LogP contribution in [0.3, 0.4) is 0 Å². The van der Waals surface area contributed by atoms with Crippen molar-refractivity contribution in [3.05, 3.63) is 27.1 Å². The van der Waals surface area contributed by atoms with Crippen molar-refractivity contribution in [3.8, 4) is 0 Å². The summed E-state index contributed by atoms with van der Waals surface area (Å²) in [5, 5.41) is 5.75. The van der Waals surface area contributed by atoms with E-state index in [1.54, 1.807) is 11.3 Å². The Labute approximate surface area is 135 Å². The Morgan fingerprint density at radius 1 is 1.38 bits per heavy atom. The van der Waals surface area contributed by atoms with Gasteiger partial charge >= 0.3 is 0 Å². The average molecular weight is 370 g/mol. The molecule has 8 heteroatoms. The molecule has 1 atom stereocenters. The molecule has 0 bridgehead atoms. The van der Waals surface area contributed by atoms with Crippen molar-refractivity contribution in [3.63, 3.8) is 0 Å². The summed E-state index contributed by atoms with van der Waals surface area (Å²) in [5.74, 6) is 0.520. The number of nitrogens with zero attached hydrogens (tertiary/aromatic N) is 3. The molecular formula is C13H16BrN5OS. The van der Waals surface area contributed by atoms with E-state index in [-0.39, 0.29) is 17.9 Å². The van der Waals surface area contributed by atoms with E-state index in [4.69, 9.17) is 0 Å². The number of amides is 1. The molecule has 0 saturated carbocycles. The van der Waals surface area contributed by atoms with Gasteiger partial charge in [0.2, 0.25) is 17.8 Å². The largest absolute Gasteiger partial charge is 0.352 e. The Hall–Kier alpha value is -1.54. The van der Waals surface area contributed by atoms with Gasteiger partial charge in [-0.15, -0.1) is 11.3 Å². The third-order valence-corrected chi connectivity index (χ3v) is 4.37. The molecule has 1 unspecified atom stereocenters. The third-order valence-electron chi connectivity index (χ3n) is 2.69. The number of halogens is 1. The summed E-state index contributed by atoms with van der Waals surface area (Å²) in [6.45, 7) is 3.49. The smallest absolute Gasteiger partial charge is 0.234 e. The van der Waals surface area contributed by atoms with Gasteiger partial charge in [-0.1, -0.05) is 0 Å². The average Bonchev–Trinajstić information content (AvgIpc) is 2.82. The highest BCUT2D eigenvalue weighted by molar-refractivity contribution is 9.11. The molecule has 2 rings (SSSR count). The lowest BCUT2D eigenvalue weighted by molar-refractivity contribution is -0.114. The SMILES string of the molecule is CC(=O)Nc1ncnc(NC(C)CCc2ccc(Br)s2)n1. The van der Waals surface area contributed by atoms with Gasteiger partial charge in [0, 0.05) is 17.8 Å². The number of hydrogen-bond acceptors (Lipinski definition) is 6. The van der Waals surface area contributed by atoms with Crippen molar-refractivity contribution in [2.24, 2.45) is 0 Å². The number of anilines is 2. The van der Waals surface area contributed by atoms with E-state index < -0.39 is 0 Å². The van der Waals surface area contributed by atoms with Crippen molar-refractivity contribution in [2.75, 3.05) is 10.6 Å². The Kier molecular flexibility index (Phi) is 5.63. The Morgan fingerprint density at radius 2 is 2.14 bits per heavy atom. The second kappa shape index (κ2) is 7.46. The number of thiophene rings is 1. The standard InChI is InChI=1S/C13H16BrN5OS/c1-8(3-4-10-5-6-11(14)21-10)17-12-15-7-16-13(19-12)18-9(2)20/h5-8H,3-4H2,1-2H3,(H2,15,16,17,18,19,20). The maximum atomic E-state index is 11.0. The van der Waals surface area contributed by atoms with Crippen LogP contribution in [-0.2, 0) is 11.2 Å². The summed E-state index contributed by atoms with van der Waals surface area (Å²) in [6.07, 6.45) is 3.34. The van der Waals surface area contributed by atoms with Crippen LogP contribution < -0.4 is 10.6 Å². The van der Waals surface area contributed by atoms with E-state index in [0.717, 1.165) is 16.6 Å². The molecule has 21 heavy (non-hydrogen) atoms. The summed E-state index contributed by atoms with van der Waals surface area (Å²) in [7, 11) is 0. The minimum Gasteiger partial charge on any atom is -0.352 e. The van der Waals surface area contributed by atoms with Crippen LogP contribution in [0, 0.1) is 0 Å². The summed E-state index contributed by atoms with van der Waals surface area (Å²) < 4.78 is 1.15. The zero-order valence-corrected chi connectivity index (χ0v) is 14.2. The van der Waals surface area contributed by atoms with E-state index in [0.29, 0.717) is 5.95 Å². The van der Waals surface area contributed by atoms with Gasteiger partial charge in [0.1, 0.15) is 6.33 Å². The van der Waals surface area contributed by atoms with Crippen LogP contribution in [0.2, 0.25) is 0 Å². The second-order valence-corrected chi connectivity index (χ2v) is 7.15. The van der Waals surface area contributed by atoms with Gasteiger partial charge < -0.3 is 5.32 Å². The molecule has 2 aromatic rings. The zero-order valence-electron chi connectivity index (χ0n) is 11.8. The molecule has 2 aromatic heterocycles. The predicted octanol–water partition coefficient (Wildman–Crippen LogP) is 3.09. The predicted molar refractivity (Wildman–Crippen MR) is 87.6 cm³/mol. The van der Waals surface area contributed by atoms with Gasteiger partial charge in [-0.05, 0) is 47.8 Å².